The Hall–Kier alpha value is -4.88. The van der Waals surface area contributed by atoms with E-state index in [1.165, 1.54) is 12.4 Å². The Morgan fingerprint density at radius 1 is 1.11 bits per heavy atom. The van der Waals surface area contributed by atoms with Crippen molar-refractivity contribution >= 4 is 17.8 Å². The number of rotatable bonds is 8. The Labute approximate surface area is 213 Å². The minimum absolute atomic E-state index is 0.111. The number of benzene rings is 2. The summed E-state index contributed by atoms with van der Waals surface area (Å²) in [6, 6.07) is 20.4. The SMILES string of the molecule is Cc1oncc1C(O)C(C#N)C(=O)Nc1ncc(C(=O)N(C)Cc2ccccc2)c(-c2ccccc2)n1. The first kappa shape index (κ1) is 25.2. The summed E-state index contributed by atoms with van der Waals surface area (Å²) in [6.45, 7) is 1.95. The average Bonchev–Trinajstić information content (AvgIpc) is 3.35. The van der Waals surface area contributed by atoms with Crippen molar-refractivity contribution in [1.82, 2.24) is 20.0 Å². The molecule has 2 atom stereocenters. The highest BCUT2D eigenvalue weighted by atomic mass is 16.5. The quantitative estimate of drug-likeness (QED) is 0.377. The summed E-state index contributed by atoms with van der Waals surface area (Å²) in [7, 11) is 1.69. The van der Waals surface area contributed by atoms with Crippen molar-refractivity contribution in [1.29, 1.82) is 5.26 Å². The highest BCUT2D eigenvalue weighted by molar-refractivity contribution is 6.00. The summed E-state index contributed by atoms with van der Waals surface area (Å²) < 4.78 is 4.92. The Kier molecular flexibility index (Phi) is 7.66. The zero-order chi connectivity index (χ0) is 26.4. The Bertz CT molecular complexity index is 1430. The fourth-order valence-corrected chi connectivity index (χ4v) is 3.78. The van der Waals surface area contributed by atoms with Crippen LogP contribution in [-0.4, -0.2) is 44.0 Å². The lowest BCUT2D eigenvalue weighted by atomic mass is 9.97. The summed E-state index contributed by atoms with van der Waals surface area (Å²) >= 11 is 0. The molecule has 2 heterocycles. The minimum atomic E-state index is -1.47. The number of aryl methyl sites for hydroxylation is 1. The number of amides is 2. The lowest BCUT2D eigenvalue weighted by molar-refractivity contribution is -0.121. The van der Waals surface area contributed by atoms with E-state index < -0.39 is 17.9 Å². The van der Waals surface area contributed by atoms with Crippen molar-refractivity contribution in [3.8, 4) is 17.3 Å². The van der Waals surface area contributed by atoms with E-state index >= 15 is 0 Å². The highest BCUT2D eigenvalue weighted by Crippen LogP contribution is 2.27. The Balaban J connectivity index is 1.61. The minimum Gasteiger partial charge on any atom is -0.386 e. The molecule has 4 rings (SSSR count). The molecule has 2 unspecified atom stereocenters. The van der Waals surface area contributed by atoms with Crippen molar-refractivity contribution < 1.29 is 19.2 Å². The van der Waals surface area contributed by atoms with E-state index in [-0.39, 0.29) is 23.0 Å². The van der Waals surface area contributed by atoms with E-state index in [9.17, 15) is 20.0 Å². The molecule has 2 aromatic carbocycles. The van der Waals surface area contributed by atoms with Gasteiger partial charge in [0.15, 0.2) is 5.92 Å². The first-order valence-corrected chi connectivity index (χ1v) is 11.4. The van der Waals surface area contributed by atoms with Crippen LogP contribution in [0.25, 0.3) is 11.3 Å². The van der Waals surface area contributed by atoms with Gasteiger partial charge in [-0.1, -0.05) is 65.8 Å². The van der Waals surface area contributed by atoms with Gasteiger partial charge in [-0.2, -0.15) is 5.26 Å². The van der Waals surface area contributed by atoms with Gasteiger partial charge in [0.25, 0.3) is 5.91 Å². The number of hydrogen-bond donors (Lipinski definition) is 2. The molecule has 2 N–H and O–H groups in total. The number of nitriles is 1. The standard InChI is InChI=1S/C27H24N6O4/c1-17-21(15-30-37-17)24(34)20(13-28)25(35)32-27-29-14-22(23(31-27)19-11-7-4-8-12-19)26(36)33(2)16-18-9-5-3-6-10-18/h3-12,14-15,20,24,34H,16H2,1-2H3,(H,29,31,32,35). The number of carbonyl (C=O) groups excluding carboxylic acids is 2. The lowest BCUT2D eigenvalue weighted by Crippen LogP contribution is -2.29. The third-order valence-electron chi connectivity index (χ3n) is 5.75. The van der Waals surface area contributed by atoms with Crippen LogP contribution in [0.15, 0.2) is 77.6 Å². The van der Waals surface area contributed by atoms with Gasteiger partial charge >= 0.3 is 0 Å². The second kappa shape index (κ2) is 11.2. The van der Waals surface area contributed by atoms with Gasteiger partial charge in [0.05, 0.1) is 23.5 Å². The largest absolute Gasteiger partial charge is 0.386 e. The maximum Gasteiger partial charge on any atom is 0.257 e. The number of carbonyl (C=O) groups is 2. The van der Waals surface area contributed by atoms with E-state index in [1.807, 2.05) is 36.4 Å². The van der Waals surface area contributed by atoms with Gasteiger partial charge in [-0.3, -0.25) is 14.9 Å². The first-order chi connectivity index (χ1) is 17.9. The van der Waals surface area contributed by atoms with Crippen LogP contribution in [0, 0.1) is 24.2 Å². The third kappa shape index (κ3) is 5.69. The monoisotopic (exact) mass is 496 g/mol. The molecule has 2 aromatic heterocycles. The summed E-state index contributed by atoms with van der Waals surface area (Å²) in [5.74, 6) is -2.39. The Morgan fingerprint density at radius 3 is 2.41 bits per heavy atom. The normalized spacial score (nSPS) is 12.3. The molecule has 0 fully saturated rings. The molecule has 0 spiro atoms. The summed E-state index contributed by atoms with van der Waals surface area (Å²) in [4.78, 5) is 36.4. The highest BCUT2D eigenvalue weighted by Gasteiger charge is 2.31. The fourth-order valence-electron chi connectivity index (χ4n) is 3.78. The summed E-state index contributed by atoms with van der Waals surface area (Å²) in [5.41, 5.74) is 2.41. The number of hydrogen-bond acceptors (Lipinski definition) is 8. The molecule has 4 aromatic rings. The molecule has 10 heteroatoms. The van der Waals surface area contributed by atoms with Crippen LogP contribution >= 0.6 is 0 Å². The van der Waals surface area contributed by atoms with E-state index in [4.69, 9.17) is 4.52 Å². The third-order valence-corrected chi connectivity index (χ3v) is 5.75. The molecule has 0 saturated heterocycles. The van der Waals surface area contributed by atoms with Gasteiger partial charge in [-0.15, -0.1) is 0 Å². The van der Waals surface area contributed by atoms with Crippen LogP contribution in [-0.2, 0) is 11.3 Å². The molecule has 0 bridgehead atoms. The second-order valence-electron chi connectivity index (χ2n) is 8.35. The van der Waals surface area contributed by atoms with E-state index in [0.29, 0.717) is 23.6 Å². The van der Waals surface area contributed by atoms with Gasteiger partial charge in [-0.25, -0.2) is 9.97 Å². The van der Waals surface area contributed by atoms with Crippen LogP contribution in [0.3, 0.4) is 0 Å². The van der Waals surface area contributed by atoms with Crippen LogP contribution in [0.2, 0.25) is 0 Å². The van der Waals surface area contributed by atoms with Crippen molar-refractivity contribution in [2.45, 2.75) is 19.6 Å². The predicted molar refractivity (Wildman–Crippen MR) is 134 cm³/mol. The smallest absolute Gasteiger partial charge is 0.257 e. The zero-order valence-electron chi connectivity index (χ0n) is 20.2. The number of anilines is 1. The van der Waals surface area contributed by atoms with Crippen molar-refractivity contribution in [2.24, 2.45) is 5.92 Å². The molecule has 0 aliphatic carbocycles. The van der Waals surface area contributed by atoms with Crippen molar-refractivity contribution in [2.75, 3.05) is 12.4 Å². The molecular formula is C27H24N6O4. The van der Waals surface area contributed by atoms with E-state index in [1.54, 1.807) is 49.2 Å². The molecule has 0 saturated carbocycles. The van der Waals surface area contributed by atoms with Crippen molar-refractivity contribution in [3.63, 3.8) is 0 Å². The van der Waals surface area contributed by atoms with Crippen LogP contribution in [0.4, 0.5) is 5.95 Å². The molecular weight excluding hydrogens is 472 g/mol. The molecule has 0 aliphatic rings. The van der Waals surface area contributed by atoms with Crippen LogP contribution in [0.5, 0.6) is 0 Å². The second-order valence-corrected chi connectivity index (χ2v) is 8.35. The topological polar surface area (TPSA) is 145 Å². The maximum atomic E-state index is 13.4. The van der Waals surface area contributed by atoms with Gasteiger partial charge in [0.1, 0.15) is 11.9 Å². The number of aromatic nitrogens is 3. The maximum absolute atomic E-state index is 13.4. The number of aliphatic hydroxyl groups is 1. The summed E-state index contributed by atoms with van der Waals surface area (Å²) in [6.07, 6.45) is 1.14. The molecule has 186 valence electrons. The Morgan fingerprint density at radius 2 is 1.78 bits per heavy atom. The van der Waals surface area contributed by atoms with Gasteiger partial charge in [-0.05, 0) is 12.5 Å². The van der Waals surface area contributed by atoms with Gasteiger partial charge < -0.3 is 14.5 Å². The number of aliphatic hydroxyl groups excluding tert-OH is 1. The molecule has 0 aliphatic heterocycles. The van der Waals surface area contributed by atoms with Gasteiger partial charge in [0, 0.05) is 30.9 Å². The first-order valence-electron chi connectivity index (χ1n) is 11.4. The molecule has 37 heavy (non-hydrogen) atoms. The predicted octanol–water partition coefficient (Wildman–Crippen LogP) is 3.52. The fraction of sp³-hybridized carbons (Fsp3) is 0.185. The molecule has 2 amide bonds. The number of nitrogens with one attached hydrogen (secondary N) is 1. The van der Waals surface area contributed by atoms with Crippen LogP contribution in [0.1, 0.15) is 33.3 Å². The number of nitrogens with zero attached hydrogens (tertiary/aromatic N) is 5. The lowest BCUT2D eigenvalue weighted by Gasteiger charge is -2.19. The zero-order valence-corrected chi connectivity index (χ0v) is 20.2. The van der Waals surface area contributed by atoms with E-state index in [2.05, 4.69) is 20.4 Å². The van der Waals surface area contributed by atoms with Crippen LogP contribution < -0.4 is 5.32 Å². The molecule has 10 nitrogen and oxygen atoms in total. The average molecular weight is 497 g/mol. The summed E-state index contributed by atoms with van der Waals surface area (Å²) in [5, 5.41) is 26.2. The van der Waals surface area contributed by atoms with Gasteiger partial charge in [0.2, 0.25) is 11.9 Å². The van der Waals surface area contributed by atoms with Crippen molar-refractivity contribution in [3.05, 3.63) is 95.5 Å². The molecule has 0 radical (unpaired) electrons. The van der Waals surface area contributed by atoms with E-state index in [0.717, 1.165) is 5.56 Å².